The first kappa shape index (κ1) is 13.2. The number of rotatable bonds is 3. The predicted molar refractivity (Wildman–Crippen MR) is 76.5 cm³/mol. The topological polar surface area (TPSA) is 33.0 Å². The third kappa shape index (κ3) is 3.14. The van der Waals surface area contributed by atoms with Crippen molar-refractivity contribution in [1.29, 1.82) is 5.26 Å². The van der Waals surface area contributed by atoms with Gasteiger partial charge in [-0.3, -0.25) is 0 Å². The molecule has 0 aromatic heterocycles. The zero-order valence-electron chi connectivity index (χ0n) is 11.5. The van der Waals surface area contributed by atoms with Crippen LogP contribution in [0.3, 0.4) is 0 Å². The molecule has 0 saturated carbocycles. The number of nitriles is 1. The number of nitrogens with zero attached hydrogens (tertiary/aromatic N) is 1. The maximum Gasteiger partial charge on any atom is 0.145 e. The summed E-state index contributed by atoms with van der Waals surface area (Å²) in [5.74, 6) is 1.86. The van der Waals surface area contributed by atoms with E-state index in [1.165, 1.54) is 5.56 Å². The van der Waals surface area contributed by atoms with Crippen molar-refractivity contribution in [3.63, 3.8) is 0 Å². The highest BCUT2D eigenvalue weighted by Gasteiger charge is 2.05. The van der Waals surface area contributed by atoms with Crippen LogP contribution >= 0.6 is 0 Å². The predicted octanol–water partition coefficient (Wildman–Crippen LogP) is 4.78. The van der Waals surface area contributed by atoms with Crippen LogP contribution < -0.4 is 4.74 Å². The fraction of sp³-hybridized carbons (Fsp3) is 0.235. The molecule has 0 aliphatic carbocycles. The molecule has 0 amide bonds. The quantitative estimate of drug-likeness (QED) is 0.786. The monoisotopic (exact) mass is 251 g/mol. The number of ether oxygens (including phenoxy) is 1. The van der Waals surface area contributed by atoms with Gasteiger partial charge < -0.3 is 4.74 Å². The van der Waals surface area contributed by atoms with Gasteiger partial charge in [0, 0.05) is 0 Å². The maximum absolute atomic E-state index is 9.11. The average Bonchev–Trinajstić information content (AvgIpc) is 2.41. The van der Waals surface area contributed by atoms with Crippen LogP contribution in [0.5, 0.6) is 11.5 Å². The molecule has 0 bridgehead atoms. The van der Waals surface area contributed by atoms with Crippen molar-refractivity contribution < 1.29 is 4.74 Å². The lowest BCUT2D eigenvalue weighted by molar-refractivity contribution is 0.480. The minimum Gasteiger partial charge on any atom is -0.456 e. The zero-order valence-corrected chi connectivity index (χ0v) is 11.5. The summed E-state index contributed by atoms with van der Waals surface area (Å²) in [4.78, 5) is 0. The second-order valence-electron chi connectivity index (χ2n) is 4.94. The molecule has 2 aromatic carbocycles. The fourth-order valence-electron chi connectivity index (χ4n) is 1.87. The van der Waals surface area contributed by atoms with Gasteiger partial charge in [-0.1, -0.05) is 32.0 Å². The van der Waals surface area contributed by atoms with E-state index in [2.05, 4.69) is 32.0 Å². The van der Waals surface area contributed by atoms with Crippen molar-refractivity contribution in [2.75, 3.05) is 0 Å². The lowest BCUT2D eigenvalue weighted by Gasteiger charge is -2.10. The van der Waals surface area contributed by atoms with E-state index in [1.807, 2.05) is 37.3 Å². The van der Waals surface area contributed by atoms with E-state index in [4.69, 9.17) is 10.00 Å². The van der Waals surface area contributed by atoms with Crippen molar-refractivity contribution >= 4 is 0 Å². The molecule has 0 atom stereocenters. The summed E-state index contributed by atoms with van der Waals surface area (Å²) in [5, 5.41) is 9.11. The van der Waals surface area contributed by atoms with Crippen molar-refractivity contribution in [3.05, 3.63) is 59.2 Å². The second-order valence-corrected chi connectivity index (χ2v) is 4.94. The van der Waals surface area contributed by atoms with Gasteiger partial charge in [-0.2, -0.15) is 5.26 Å². The lowest BCUT2D eigenvalue weighted by atomic mass is 10.0. The summed E-state index contributed by atoms with van der Waals surface area (Å²) in [7, 11) is 0. The van der Waals surface area contributed by atoms with E-state index in [1.54, 1.807) is 0 Å². The van der Waals surface area contributed by atoms with Gasteiger partial charge in [0.25, 0.3) is 0 Å². The highest BCUT2D eigenvalue weighted by molar-refractivity contribution is 5.47. The van der Waals surface area contributed by atoms with E-state index >= 15 is 0 Å². The standard InChI is InChI=1S/C17H17NO/c1-12(2)14-5-7-16(8-6-14)19-17-9-4-13(3)10-15(17)11-18/h4-10,12H,1-3H3. The Balaban J connectivity index is 2.24. The van der Waals surface area contributed by atoms with E-state index in [0.29, 0.717) is 17.2 Å². The highest BCUT2D eigenvalue weighted by atomic mass is 16.5. The molecule has 2 aromatic rings. The van der Waals surface area contributed by atoms with Crippen molar-refractivity contribution in [3.8, 4) is 17.6 Å². The number of benzene rings is 2. The smallest absolute Gasteiger partial charge is 0.145 e. The number of aryl methyl sites for hydroxylation is 1. The molecule has 0 spiro atoms. The van der Waals surface area contributed by atoms with Crippen molar-refractivity contribution in [2.24, 2.45) is 0 Å². The fourth-order valence-corrected chi connectivity index (χ4v) is 1.87. The van der Waals surface area contributed by atoms with Crippen LogP contribution in [0.4, 0.5) is 0 Å². The molecule has 2 heteroatoms. The Morgan fingerprint density at radius 2 is 1.74 bits per heavy atom. The SMILES string of the molecule is Cc1ccc(Oc2ccc(C(C)C)cc2)c(C#N)c1. The largest absolute Gasteiger partial charge is 0.456 e. The molecule has 0 unspecified atom stereocenters. The number of hydrogen-bond donors (Lipinski definition) is 0. The van der Waals surface area contributed by atoms with Crippen LogP contribution in [-0.4, -0.2) is 0 Å². The summed E-state index contributed by atoms with van der Waals surface area (Å²) in [6, 6.07) is 15.8. The molecule has 2 rings (SSSR count). The third-order valence-electron chi connectivity index (χ3n) is 3.03. The van der Waals surface area contributed by atoms with Crippen LogP contribution in [0.1, 0.15) is 36.5 Å². The minimum atomic E-state index is 0.503. The normalized spacial score (nSPS) is 10.3. The van der Waals surface area contributed by atoms with E-state index in [0.717, 1.165) is 11.3 Å². The van der Waals surface area contributed by atoms with Crippen LogP contribution in [-0.2, 0) is 0 Å². The molecule has 0 saturated heterocycles. The van der Waals surface area contributed by atoms with E-state index < -0.39 is 0 Å². The van der Waals surface area contributed by atoms with Crippen molar-refractivity contribution in [1.82, 2.24) is 0 Å². The molecule has 0 N–H and O–H groups in total. The Kier molecular flexibility index (Phi) is 3.87. The minimum absolute atomic E-state index is 0.503. The highest BCUT2D eigenvalue weighted by Crippen LogP contribution is 2.27. The van der Waals surface area contributed by atoms with Gasteiger partial charge in [0.05, 0.1) is 5.56 Å². The summed E-state index contributed by atoms with van der Waals surface area (Å²) in [6.07, 6.45) is 0. The van der Waals surface area contributed by atoms with E-state index in [-0.39, 0.29) is 0 Å². The van der Waals surface area contributed by atoms with Crippen LogP contribution in [0.15, 0.2) is 42.5 Å². The van der Waals surface area contributed by atoms with Gasteiger partial charge in [0.2, 0.25) is 0 Å². The molecule has 0 aliphatic rings. The maximum atomic E-state index is 9.11. The van der Waals surface area contributed by atoms with Gasteiger partial charge in [-0.25, -0.2) is 0 Å². The molecule has 0 fully saturated rings. The Morgan fingerprint density at radius 1 is 1.05 bits per heavy atom. The Morgan fingerprint density at radius 3 is 2.32 bits per heavy atom. The van der Waals surface area contributed by atoms with Gasteiger partial charge in [-0.05, 0) is 48.2 Å². The van der Waals surface area contributed by atoms with Gasteiger partial charge >= 0.3 is 0 Å². The zero-order chi connectivity index (χ0) is 13.8. The van der Waals surface area contributed by atoms with Crippen LogP contribution in [0.25, 0.3) is 0 Å². The van der Waals surface area contributed by atoms with E-state index in [9.17, 15) is 0 Å². The molecule has 19 heavy (non-hydrogen) atoms. The van der Waals surface area contributed by atoms with Crippen LogP contribution in [0, 0.1) is 18.3 Å². The summed E-state index contributed by atoms with van der Waals surface area (Å²) in [6.45, 7) is 6.27. The average molecular weight is 251 g/mol. The molecule has 0 radical (unpaired) electrons. The lowest BCUT2D eigenvalue weighted by Crippen LogP contribution is -1.91. The van der Waals surface area contributed by atoms with Crippen LogP contribution in [0.2, 0.25) is 0 Å². The van der Waals surface area contributed by atoms with Crippen molar-refractivity contribution in [2.45, 2.75) is 26.7 Å². The molecule has 2 nitrogen and oxygen atoms in total. The summed E-state index contributed by atoms with van der Waals surface area (Å²) >= 11 is 0. The summed E-state index contributed by atoms with van der Waals surface area (Å²) < 4.78 is 5.77. The first-order valence-corrected chi connectivity index (χ1v) is 6.38. The summed E-state index contributed by atoms with van der Waals surface area (Å²) in [5.41, 5.74) is 2.89. The Labute approximate surface area is 114 Å². The Bertz CT molecular complexity index is 606. The number of hydrogen-bond acceptors (Lipinski definition) is 2. The van der Waals surface area contributed by atoms with Gasteiger partial charge in [-0.15, -0.1) is 0 Å². The first-order chi connectivity index (χ1) is 9.10. The molecular weight excluding hydrogens is 234 g/mol. The molecule has 0 heterocycles. The first-order valence-electron chi connectivity index (χ1n) is 6.38. The molecule has 0 aliphatic heterocycles. The molecule has 96 valence electrons. The second kappa shape index (κ2) is 5.58. The Hall–Kier alpha value is -2.27. The van der Waals surface area contributed by atoms with Gasteiger partial charge in [0.15, 0.2) is 0 Å². The third-order valence-corrected chi connectivity index (χ3v) is 3.03. The van der Waals surface area contributed by atoms with Gasteiger partial charge in [0.1, 0.15) is 17.6 Å². The molecular formula is C17H17NO.